The molecule has 4 atom stereocenters. The Morgan fingerprint density at radius 2 is 1.13 bits per heavy atom. The van der Waals surface area contributed by atoms with Gasteiger partial charge in [0.05, 0.1) is 6.10 Å². The molecule has 0 aromatic rings. The monoisotopic (exact) mass is 224 g/mol. The van der Waals surface area contributed by atoms with Crippen LogP contribution in [0.25, 0.3) is 0 Å². The summed E-state index contributed by atoms with van der Waals surface area (Å²) in [5.74, 6) is 0. The number of aliphatic hydroxyl groups is 3. The van der Waals surface area contributed by atoms with Crippen molar-refractivity contribution in [2.24, 2.45) is 0 Å². The van der Waals surface area contributed by atoms with Crippen molar-refractivity contribution in [3.8, 4) is 0 Å². The third-order valence-electron chi connectivity index (χ3n) is 2.23. The quantitative estimate of drug-likeness (QED) is 0.467. The molecule has 0 rings (SSSR count). The van der Waals surface area contributed by atoms with E-state index in [0.29, 0.717) is 0 Å². The van der Waals surface area contributed by atoms with Gasteiger partial charge in [0, 0.05) is 21.3 Å². The maximum Gasteiger partial charge on any atom is 0.181 e. The van der Waals surface area contributed by atoms with Gasteiger partial charge in [-0.15, -0.1) is 0 Å². The molecule has 0 aliphatic rings. The van der Waals surface area contributed by atoms with E-state index < -0.39 is 30.7 Å². The fraction of sp³-hybridized carbons (Fsp3) is 1.00. The van der Waals surface area contributed by atoms with Crippen molar-refractivity contribution in [2.45, 2.75) is 37.6 Å². The van der Waals surface area contributed by atoms with Crippen LogP contribution in [0.3, 0.4) is 0 Å². The molecule has 0 amide bonds. The van der Waals surface area contributed by atoms with Crippen LogP contribution in [0.1, 0.15) is 6.92 Å². The van der Waals surface area contributed by atoms with E-state index >= 15 is 0 Å². The van der Waals surface area contributed by atoms with E-state index in [1.54, 1.807) is 0 Å². The second-order valence-corrected chi connectivity index (χ2v) is 3.26. The van der Waals surface area contributed by atoms with Crippen LogP contribution < -0.4 is 0 Å². The number of ether oxygens (including phenoxy) is 3. The molecule has 0 fully saturated rings. The normalized spacial score (nSPS) is 20.0. The van der Waals surface area contributed by atoms with Crippen molar-refractivity contribution < 1.29 is 29.5 Å². The third-order valence-corrected chi connectivity index (χ3v) is 2.23. The topological polar surface area (TPSA) is 88.4 Å². The van der Waals surface area contributed by atoms with Gasteiger partial charge in [0.25, 0.3) is 0 Å². The molecule has 6 heteroatoms. The van der Waals surface area contributed by atoms with Gasteiger partial charge in [0.2, 0.25) is 0 Å². The van der Waals surface area contributed by atoms with Crippen molar-refractivity contribution in [3.05, 3.63) is 0 Å². The smallest absolute Gasteiger partial charge is 0.181 e. The van der Waals surface area contributed by atoms with E-state index in [0.717, 1.165) is 0 Å². The van der Waals surface area contributed by atoms with Crippen molar-refractivity contribution >= 4 is 0 Å². The largest absolute Gasteiger partial charge is 0.391 e. The number of aliphatic hydroxyl groups excluding tert-OH is 2. The van der Waals surface area contributed by atoms with Gasteiger partial charge in [-0.25, -0.2) is 0 Å². The summed E-state index contributed by atoms with van der Waals surface area (Å²) >= 11 is 0. The summed E-state index contributed by atoms with van der Waals surface area (Å²) in [7, 11) is 4.11. The van der Waals surface area contributed by atoms with E-state index in [1.807, 2.05) is 0 Å². The Kier molecular flexibility index (Phi) is 6.99. The Labute approximate surface area is 89.4 Å². The fourth-order valence-electron chi connectivity index (χ4n) is 1.49. The predicted molar refractivity (Wildman–Crippen MR) is 52.3 cm³/mol. The van der Waals surface area contributed by atoms with Crippen LogP contribution in [0.5, 0.6) is 0 Å². The summed E-state index contributed by atoms with van der Waals surface area (Å²) in [6.07, 6.45) is -4.94. The molecule has 3 N–H and O–H groups in total. The van der Waals surface area contributed by atoms with Gasteiger partial charge in [-0.05, 0) is 6.92 Å². The first-order valence-corrected chi connectivity index (χ1v) is 4.62. The highest BCUT2D eigenvalue weighted by atomic mass is 16.6. The first kappa shape index (κ1) is 14.8. The molecule has 0 aromatic carbocycles. The van der Waals surface area contributed by atoms with Crippen LogP contribution in [-0.4, -0.2) is 67.4 Å². The summed E-state index contributed by atoms with van der Waals surface area (Å²) in [6.45, 7) is 1.52. The molecular formula is C9H20O6. The number of hydrogen-bond donors (Lipinski definition) is 3. The summed E-state index contributed by atoms with van der Waals surface area (Å²) in [5.41, 5.74) is 0. The zero-order valence-corrected chi connectivity index (χ0v) is 9.45. The van der Waals surface area contributed by atoms with Crippen LogP contribution in [0.4, 0.5) is 0 Å². The maximum absolute atomic E-state index is 9.42. The average molecular weight is 224 g/mol. The fourth-order valence-corrected chi connectivity index (χ4v) is 1.49. The van der Waals surface area contributed by atoms with Gasteiger partial charge in [-0.2, -0.15) is 0 Å². The average Bonchev–Trinajstić information content (AvgIpc) is 2.16. The number of methoxy groups -OCH3 is 3. The highest BCUT2D eigenvalue weighted by Gasteiger charge is 2.36. The molecule has 0 saturated carbocycles. The third kappa shape index (κ3) is 4.02. The Morgan fingerprint density at radius 3 is 1.33 bits per heavy atom. The molecule has 0 aliphatic heterocycles. The highest BCUT2D eigenvalue weighted by Crippen LogP contribution is 2.15. The Bertz CT molecular complexity index is 145. The second-order valence-electron chi connectivity index (χ2n) is 3.26. The number of hydrogen-bond acceptors (Lipinski definition) is 6. The van der Waals surface area contributed by atoms with Crippen molar-refractivity contribution in [1.82, 2.24) is 0 Å². The highest BCUT2D eigenvalue weighted by molar-refractivity contribution is 4.83. The molecule has 0 saturated heterocycles. The van der Waals surface area contributed by atoms with Crippen LogP contribution >= 0.6 is 0 Å². The van der Waals surface area contributed by atoms with E-state index in [-0.39, 0.29) is 0 Å². The van der Waals surface area contributed by atoms with E-state index in [1.165, 1.54) is 28.3 Å². The van der Waals surface area contributed by atoms with Gasteiger partial charge in [-0.1, -0.05) is 0 Å². The molecular weight excluding hydrogens is 204 g/mol. The molecule has 0 spiro atoms. The van der Waals surface area contributed by atoms with E-state index in [4.69, 9.17) is 24.4 Å². The lowest BCUT2D eigenvalue weighted by atomic mass is 10.0. The zero-order valence-electron chi connectivity index (χ0n) is 9.45. The van der Waals surface area contributed by atoms with Crippen LogP contribution in [0, 0.1) is 0 Å². The minimum Gasteiger partial charge on any atom is -0.391 e. The van der Waals surface area contributed by atoms with Crippen LogP contribution in [0.15, 0.2) is 0 Å². The minimum atomic E-state index is -1.70. The standard InChI is InChI=1S/C9H20O6/c1-5(10)6(13-2)7(14-3)8(15-4)9(11)12/h5-12H,1-4H3/t5-,6-,7+,8+/m1/s1. The molecule has 15 heavy (non-hydrogen) atoms. The lowest BCUT2D eigenvalue weighted by Gasteiger charge is -2.33. The van der Waals surface area contributed by atoms with E-state index in [2.05, 4.69) is 0 Å². The summed E-state index contributed by atoms with van der Waals surface area (Å²) in [5, 5.41) is 27.5. The molecule has 0 aliphatic carbocycles. The van der Waals surface area contributed by atoms with Crippen molar-refractivity contribution in [1.29, 1.82) is 0 Å². The zero-order chi connectivity index (χ0) is 12.0. The number of rotatable bonds is 7. The SMILES string of the molecule is CO[C@@H]([C@H](OC)[C@@H](C)O)[C@H](OC)C(O)O. The summed E-state index contributed by atoms with van der Waals surface area (Å²) in [4.78, 5) is 0. The van der Waals surface area contributed by atoms with Gasteiger partial charge in [-0.3, -0.25) is 0 Å². The summed E-state index contributed by atoms with van der Waals surface area (Å²) < 4.78 is 15.0. The van der Waals surface area contributed by atoms with Crippen molar-refractivity contribution in [2.75, 3.05) is 21.3 Å². The van der Waals surface area contributed by atoms with Gasteiger partial charge in [0.1, 0.15) is 18.3 Å². The second kappa shape index (κ2) is 7.10. The van der Waals surface area contributed by atoms with Gasteiger partial charge < -0.3 is 29.5 Å². The molecule has 0 heterocycles. The lowest BCUT2D eigenvalue weighted by molar-refractivity contribution is -0.208. The molecule has 92 valence electrons. The Hall–Kier alpha value is -0.240. The molecule has 0 unspecified atom stereocenters. The van der Waals surface area contributed by atoms with Crippen LogP contribution in [-0.2, 0) is 14.2 Å². The Balaban J connectivity index is 4.68. The van der Waals surface area contributed by atoms with Gasteiger partial charge >= 0.3 is 0 Å². The van der Waals surface area contributed by atoms with Crippen LogP contribution in [0.2, 0.25) is 0 Å². The lowest BCUT2D eigenvalue weighted by Crippen LogP contribution is -2.51. The maximum atomic E-state index is 9.42. The molecule has 0 radical (unpaired) electrons. The van der Waals surface area contributed by atoms with E-state index in [9.17, 15) is 5.11 Å². The first-order valence-electron chi connectivity index (χ1n) is 4.62. The first-order chi connectivity index (χ1) is 6.99. The molecule has 0 bridgehead atoms. The predicted octanol–water partition coefficient (Wildman–Crippen LogP) is -1.28. The Morgan fingerprint density at radius 1 is 0.733 bits per heavy atom. The van der Waals surface area contributed by atoms with Gasteiger partial charge in [0.15, 0.2) is 6.29 Å². The minimum absolute atomic E-state index is 0.693. The van der Waals surface area contributed by atoms with Crippen molar-refractivity contribution in [3.63, 3.8) is 0 Å². The molecule has 0 aromatic heterocycles. The molecule has 6 nitrogen and oxygen atoms in total. The summed E-state index contributed by atoms with van der Waals surface area (Å²) in [6, 6.07) is 0.